The van der Waals surface area contributed by atoms with Gasteiger partial charge in [-0.15, -0.1) is 0 Å². The number of unbranched alkanes of at least 4 members (excludes halogenated alkanes) is 4. The highest BCUT2D eigenvalue weighted by molar-refractivity contribution is 5.48. The maximum absolute atomic E-state index is 10.6. The maximum atomic E-state index is 10.6. The fourth-order valence-electron chi connectivity index (χ4n) is 4.12. The molecule has 2 N–H and O–H groups in total. The Labute approximate surface area is 160 Å². The minimum Gasteiger partial charge on any atom is -0.508 e. The van der Waals surface area contributed by atoms with Gasteiger partial charge in [0.05, 0.1) is 0 Å². The quantitative estimate of drug-likeness (QED) is 0.399. The third kappa shape index (κ3) is 5.66. The van der Waals surface area contributed by atoms with E-state index in [2.05, 4.69) is 13.8 Å². The van der Waals surface area contributed by atoms with Crippen molar-refractivity contribution in [2.45, 2.75) is 104 Å². The number of hydrogen-bond acceptors (Lipinski definition) is 2. The number of aryl methyl sites for hydroxylation is 1. The normalized spacial score (nSPS) is 19.5. The first-order valence-corrected chi connectivity index (χ1v) is 10.9. The Bertz CT molecular complexity index is 596. The minimum absolute atomic E-state index is 0.265. The van der Waals surface area contributed by atoms with Gasteiger partial charge in [-0.25, -0.2) is 0 Å². The summed E-state index contributed by atoms with van der Waals surface area (Å²) in [5.74, 6) is 0.620. The Hall–Kier alpha value is -1.18. The van der Waals surface area contributed by atoms with Gasteiger partial charge in [0.2, 0.25) is 0 Å². The zero-order chi connectivity index (χ0) is 18.6. The molecule has 2 heteroatoms. The van der Waals surface area contributed by atoms with Crippen molar-refractivity contribution in [2.75, 3.05) is 0 Å². The van der Waals surface area contributed by atoms with E-state index in [9.17, 15) is 10.2 Å². The van der Waals surface area contributed by atoms with Crippen molar-refractivity contribution < 1.29 is 10.2 Å². The lowest BCUT2D eigenvalue weighted by Crippen LogP contribution is -1.96. The second-order valence-corrected chi connectivity index (χ2v) is 9.81. The summed E-state index contributed by atoms with van der Waals surface area (Å²) in [5, 5.41) is 20.7. The van der Waals surface area contributed by atoms with Gasteiger partial charge in [0.1, 0.15) is 11.5 Å². The SMILES string of the molecule is CC1(CCCCCCc2ccc(O)c(CCCCC3(C)CC3)c2O)CC1. The molecule has 0 bridgehead atoms. The van der Waals surface area contributed by atoms with Crippen molar-refractivity contribution in [3.05, 3.63) is 23.3 Å². The van der Waals surface area contributed by atoms with Crippen LogP contribution in [0.3, 0.4) is 0 Å². The standard InChI is InChI=1S/C24H38O2/c1-23(15-16-23)13-7-4-3-5-9-19-11-12-21(25)20(22(19)26)10-6-8-14-24(2)17-18-24/h11-12,25-26H,3-10,13-18H2,1-2H3. The number of hydrogen-bond donors (Lipinski definition) is 2. The molecule has 2 nitrogen and oxygen atoms in total. The largest absolute Gasteiger partial charge is 0.508 e. The smallest absolute Gasteiger partial charge is 0.125 e. The average Bonchev–Trinajstić information content (AvgIpc) is 3.52. The molecule has 0 heterocycles. The van der Waals surface area contributed by atoms with Gasteiger partial charge in [-0.1, -0.05) is 45.6 Å². The summed E-state index contributed by atoms with van der Waals surface area (Å²) < 4.78 is 0. The molecule has 3 rings (SSSR count). The van der Waals surface area contributed by atoms with Crippen molar-refractivity contribution in [3.63, 3.8) is 0 Å². The van der Waals surface area contributed by atoms with Gasteiger partial charge >= 0.3 is 0 Å². The molecular weight excluding hydrogens is 320 g/mol. The van der Waals surface area contributed by atoms with E-state index in [1.165, 1.54) is 64.2 Å². The fourth-order valence-corrected chi connectivity index (χ4v) is 4.12. The van der Waals surface area contributed by atoms with E-state index < -0.39 is 0 Å². The van der Waals surface area contributed by atoms with Crippen molar-refractivity contribution >= 4 is 0 Å². The second-order valence-electron chi connectivity index (χ2n) is 9.81. The summed E-state index contributed by atoms with van der Waals surface area (Å²) in [7, 11) is 0. The molecule has 2 aliphatic carbocycles. The molecule has 2 saturated carbocycles. The molecule has 0 unspecified atom stereocenters. The van der Waals surface area contributed by atoms with Crippen LogP contribution in [0.5, 0.6) is 11.5 Å². The van der Waals surface area contributed by atoms with Gasteiger partial charge in [0, 0.05) is 5.56 Å². The molecule has 0 aliphatic heterocycles. The molecule has 0 atom stereocenters. The van der Waals surface area contributed by atoms with Crippen LogP contribution in [-0.4, -0.2) is 10.2 Å². The summed E-state index contributed by atoms with van der Waals surface area (Å²) in [6.07, 6.45) is 17.3. The van der Waals surface area contributed by atoms with E-state index in [0.717, 1.165) is 36.8 Å². The van der Waals surface area contributed by atoms with Crippen LogP contribution in [0.4, 0.5) is 0 Å². The first-order valence-electron chi connectivity index (χ1n) is 10.9. The van der Waals surface area contributed by atoms with Crippen LogP contribution in [-0.2, 0) is 12.8 Å². The van der Waals surface area contributed by atoms with E-state index in [1.54, 1.807) is 6.07 Å². The van der Waals surface area contributed by atoms with Crippen molar-refractivity contribution in [1.29, 1.82) is 0 Å². The summed E-state index contributed by atoms with van der Waals surface area (Å²) in [6.45, 7) is 4.78. The molecule has 0 amide bonds. The highest BCUT2D eigenvalue weighted by Gasteiger charge is 2.36. The lowest BCUT2D eigenvalue weighted by Gasteiger charge is -2.13. The molecule has 2 fully saturated rings. The maximum Gasteiger partial charge on any atom is 0.125 e. The monoisotopic (exact) mass is 358 g/mol. The summed E-state index contributed by atoms with van der Waals surface area (Å²) in [6, 6.07) is 3.69. The van der Waals surface area contributed by atoms with Crippen molar-refractivity contribution in [3.8, 4) is 11.5 Å². The topological polar surface area (TPSA) is 40.5 Å². The molecule has 1 aromatic rings. The first kappa shape index (κ1) is 19.6. The molecule has 26 heavy (non-hydrogen) atoms. The van der Waals surface area contributed by atoms with E-state index in [-0.39, 0.29) is 5.75 Å². The Balaban J connectivity index is 1.39. The number of rotatable bonds is 12. The van der Waals surface area contributed by atoms with Gasteiger partial charge in [0.25, 0.3) is 0 Å². The van der Waals surface area contributed by atoms with Crippen LogP contribution in [0, 0.1) is 10.8 Å². The predicted molar refractivity (Wildman–Crippen MR) is 109 cm³/mol. The van der Waals surface area contributed by atoms with E-state index in [0.29, 0.717) is 16.6 Å². The van der Waals surface area contributed by atoms with Crippen LogP contribution < -0.4 is 0 Å². The number of phenols is 2. The van der Waals surface area contributed by atoms with Crippen LogP contribution in [0.25, 0.3) is 0 Å². The van der Waals surface area contributed by atoms with Crippen LogP contribution in [0.15, 0.2) is 12.1 Å². The molecule has 0 radical (unpaired) electrons. The number of aromatic hydroxyl groups is 2. The number of benzene rings is 1. The first-order chi connectivity index (χ1) is 12.4. The lowest BCUT2D eigenvalue weighted by molar-refractivity contribution is 0.426. The molecule has 1 aromatic carbocycles. The molecular formula is C24H38O2. The Morgan fingerprint density at radius 1 is 0.731 bits per heavy atom. The third-order valence-electron chi connectivity index (χ3n) is 6.98. The Kier molecular flexibility index (Phi) is 6.20. The zero-order valence-electron chi connectivity index (χ0n) is 16.9. The van der Waals surface area contributed by atoms with Gasteiger partial charge in [-0.3, -0.25) is 0 Å². The number of phenolic OH excluding ortho intramolecular Hbond substituents is 2. The minimum atomic E-state index is 0.265. The third-order valence-corrected chi connectivity index (χ3v) is 6.98. The molecule has 2 aliphatic rings. The lowest BCUT2D eigenvalue weighted by atomic mass is 9.95. The molecule has 0 saturated heterocycles. The highest BCUT2D eigenvalue weighted by Crippen LogP contribution is 2.50. The van der Waals surface area contributed by atoms with E-state index >= 15 is 0 Å². The fraction of sp³-hybridized carbons (Fsp3) is 0.750. The van der Waals surface area contributed by atoms with Crippen LogP contribution in [0.1, 0.15) is 102 Å². The zero-order valence-corrected chi connectivity index (χ0v) is 16.9. The van der Waals surface area contributed by atoms with E-state index in [4.69, 9.17) is 0 Å². The van der Waals surface area contributed by atoms with Crippen LogP contribution >= 0.6 is 0 Å². The summed E-state index contributed by atoms with van der Waals surface area (Å²) >= 11 is 0. The summed E-state index contributed by atoms with van der Waals surface area (Å²) in [5.41, 5.74) is 3.07. The molecule has 0 spiro atoms. The Morgan fingerprint density at radius 2 is 1.27 bits per heavy atom. The van der Waals surface area contributed by atoms with Gasteiger partial charge in [0.15, 0.2) is 0 Å². The highest BCUT2D eigenvalue weighted by atomic mass is 16.3. The van der Waals surface area contributed by atoms with E-state index in [1.807, 2.05) is 6.07 Å². The van der Waals surface area contributed by atoms with Gasteiger partial charge < -0.3 is 10.2 Å². The Morgan fingerprint density at radius 3 is 1.88 bits per heavy atom. The van der Waals surface area contributed by atoms with Crippen molar-refractivity contribution in [2.24, 2.45) is 10.8 Å². The predicted octanol–water partition coefficient (Wildman–Crippen LogP) is 6.90. The molecule has 146 valence electrons. The van der Waals surface area contributed by atoms with Gasteiger partial charge in [-0.05, 0) is 86.7 Å². The second kappa shape index (κ2) is 8.23. The van der Waals surface area contributed by atoms with Gasteiger partial charge in [-0.2, -0.15) is 0 Å². The van der Waals surface area contributed by atoms with Crippen LogP contribution in [0.2, 0.25) is 0 Å². The summed E-state index contributed by atoms with van der Waals surface area (Å²) in [4.78, 5) is 0. The average molecular weight is 359 g/mol. The molecule has 0 aromatic heterocycles. The van der Waals surface area contributed by atoms with Crippen molar-refractivity contribution in [1.82, 2.24) is 0 Å².